The molecule has 0 atom stereocenters. The summed E-state index contributed by atoms with van der Waals surface area (Å²) >= 11 is 0. The number of hydrogen-bond donors (Lipinski definition) is 2. The average Bonchev–Trinajstić information content (AvgIpc) is 2.43. The van der Waals surface area contributed by atoms with Gasteiger partial charge >= 0.3 is 0 Å². The van der Waals surface area contributed by atoms with Crippen molar-refractivity contribution in [2.45, 2.75) is 23.8 Å². The summed E-state index contributed by atoms with van der Waals surface area (Å²) in [7, 11) is -0.943. The Bertz CT molecular complexity index is 638. The molecule has 1 saturated heterocycles. The summed E-state index contributed by atoms with van der Waals surface area (Å²) in [5, 5.41) is 9.98. The normalized spacial score (nSPS) is 18.1. The number of rotatable bonds is 5. The molecule has 3 N–H and O–H groups in total. The highest BCUT2D eigenvalue weighted by Gasteiger charge is 2.46. The van der Waals surface area contributed by atoms with Crippen molar-refractivity contribution >= 4 is 15.7 Å². The first-order valence-electron chi connectivity index (χ1n) is 6.51. The van der Waals surface area contributed by atoms with Gasteiger partial charge in [-0.2, -0.15) is 4.31 Å². The fraction of sp³-hybridized carbons (Fsp3) is 0.538. The van der Waals surface area contributed by atoms with Crippen molar-refractivity contribution < 1.29 is 23.0 Å². The number of anilines is 1. The number of hydrogen-bond acceptors (Lipinski definition) is 6. The summed E-state index contributed by atoms with van der Waals surface area (Å²) in [5.74, 6) is 0.507. The van der Waals surface area contributed by atoms with Crippen molar-refractivity contribution in [2.75, 3.05) is 33.0 Å². The summed E-state index contributed by atoms with van der Waals surface area (Å²) in [4.78, 5) is -0.0264. The highest BCUT2D eigenvalue weighted by molar-refractivity contribution is 7.89. The van der Waals surface area contributed by atoms with Crippen molar-refractivity contribution in [3.63, 3.8) is 0 Å². The van der Waals surface area contributed by atoms with Crippen LogP contribution in [0.3, 0.4) is 0 Å². The van der Waals surface area contributed by atoms with E-state index < -0.39 is 15.6 Å². The number of aliphatic hydroxyl groups is 1. The van der Waals surface area contributed by atoms with Crippen LogP contribution in [0.1, 0.15) is 13.3 Å². The smallest absolute Gasteiger partial charge is 0.247 e. The fourth-order valence-corrected chi connectivity index (χ4v) is 4.01. The minimum atomic E-state index is -3.76. The molecular weight excluding hydrogens is 296 g/mol. The number of β-amino-alcohol motifs (C(OH)–C–C–N with tert-alkyl or cyclic N) is 1. The zero-order valence-electron chi connectivity index (χ0n) is 12.3. The van der Waals surface area contributed by atoms with Gasteiger partial charge in [0.1, 0.15) is 16.4 Å². The molecule has 0 unspecified atom stereocenters. The highest BCUT2D eigenvalue weighted by Crippen LogP contribution is 2.38. The predicted molar refractivity (Wildman–Crippen MR) is 78.0 cm³/mol. The Labute approximate surface area is 124 Å². The van der Waals surface area contributed by atoms with E-state index in [1.807, 2.05) is 6.92 Å². The van der Waals surface area contributed by atoms with Gasteiger partial charge in [0, 0.05) is 19.2 Å². The molecule has 2 rings (SSSR count). The fourth-order valence-electron chi connectivity index (χ4n) is 2.24. The van der Waals surface area contributed by atoms with E-state index in [0.29, 0.717) is 12.2 Å². The van der Waals surface area contributed by atoms with E-state index in [0.717, 1.165) is 0 Å². The van der Waals surface area contributed by atoms with Crippen LogP contribution >= 0.6 is 0 Å². The first kappa shape index (κ1) is 15.9. The minimum Gasteiger partial charge on any atom is -0.495 e. The SMILES string of the molecule is CCC1(O)CN(S(=O)(=O)c2cc(N)c(OC)cc2OC)C1. The second-order valence-corrected chi connectivity index (χ2v) is 7.00. The Hall–Kier alpha value is -1.51. The van der Waals surface area contributed by atoms with E-state index in [-0.39, 0.29) is 29.4 Å². The van der Waals surface area contributed by atoms with Gasteiger partial charge in [0.05, 0.1) is 25.5 Å². The van der Waals surface area contributed by atoms with Gasteiger partial charge in [-0.1, -0.05) is 6.92 Å². The number of methoxy groups -OCH3 is 2. The molecule has 1 aliphatic heterocycles. The number of nitrogens with zero attached hydrogens (tertiary/aromatic N) is 1. The largest absolute Gasteiger partial charge is 0.495 e. The zero-order chi connectivity index (χ0) is 15.8. The van der Waals surface area contributed by atoms with E-state index in [4.69, 9.17) is 15.2 Å². The van der Waals surface area contributed by atoms with Crippen molar-refractivity contribution in [2.24, 2.45) is 0 Å². The monoisotopic (exact) mass is 316 g/mol. The summed E-state index contributed by atoms with van der Waals surface area (Å²) in [6.45, 7) is 1.96. The number of nitrogen functional groups attached to an aromatic ring is 1. The number of ether oxygens (including phenoxy) is 2. The van der Waals surface area contributed by atoms with E-state index >= 15 is 0 Å². The van der Waals surface area contributed by atoms with Crippen molar-refractivity contribution in [3.8, 4) is 11.5 Å². The van der Waals surface area contributed by atoms with Crippen molar-refractivity contribution in [1.29, 1.82) is 0 Å². The molecular formula is C13H20N2O5S. The van der Waals surface area contributed by atoms with Gasteiger partial charge in [-0.3, -0.25) is 0 Å². The molecule has 7 nitrogen and oxygen atoms in total. The highest BCUT2D eigenvalue weighted by atomic mass is 32.2. The summed E-state index contributed by atoms with van der Waals surface area (Å²) < 4.78 is 36.6. The van der Waals surface area contributed by atoms with Gasteiger partial charge in [0.15, 0.2) is 0 Å². The molecule has 1 heterocycles. The Morgan fingerprint density at radius 1 is 1.29 bits per heavy atom. The second-order valence-electron chi connectivity index (χ2n) is 5.10. The van der Waals surface area contributed by atoms with E-state index in [1.54, 1.807) is 0 Å². The molecule has 1 aromatic carbocycles. The van der Waals surface area contributed by atoms with Crippen LogP contribution in [0.4, 0.5) is 5.69 Å². The number of sulfonamides is 1. The van der Waals surface area contributed by atoms with Crippen LogP contribution in [0.2, 0.25) is 0 Å². The van der Waals surface area contributed by atoms with Crippen LogP contribution in [0, 0.1) is 0 Å². The molecule has 0 bridgehead atoms. The zero-order valence-corrected chi connectivity index (χ0v) is 13.1. The summed E-state index contributed by atoms with van der Waals surface area (Å²) in [5.41, 5.74) is 5.04. The van der Waals surface area contributed by atoms with Gasteiger partial charge < -0.3 is 20.3 Å². The first-order valence-corrected chi connectivity index (χ1v) is 7.95. The molecule has 8 heteroatoms. The molecule has 0 amide bonds. The van der Waals surface area contributed by atoms with Crippen LogP contribution in [0.25, 0.3) is 0 Å². The van der Waals surface area contributed by atoms with Crippen LogP contribution < -0.4 is 15.2 Å². The lowest BCUT2D eigenvalue weighted by atomic mass is 9.94. The number of nitrogens with two attached hydrogens (primary N) is 1. The maximum Gasteiger partial charge on any atom is 0.247 e. The van der Waals surface area contributed by atoms with Gasteiger partial charge in [-0.15, -0.1) is 0 Å². The predicted octanol–water partition coefficient (Wildman–Crippen LogP) is 0.431. The topological polar surface area (TPSA) is 102 Å². The Morgan fingerprint density at radius 3 is 2.33 bits per heavy atom. The third-order valence-electron chi connectivity index (χ3n) is 3.73. The van der Waals surface area contributed by atoms with Crippen LogP contribution in [-0.2, 0) is 10.0 Å². The second kappa shape index (κ2) is 5.36. The molecule has 0 aliphatic carbocycles. The lowest BCUT2D eigenvalue weighted by Gasteiger charge is -2.44. The molecule has 1 aromatic rings. The Kier molecular flexibility index (Phi) is 4.05. The summed E-state index contributed by atoms with van der Waals surface area (Å²) in [6, 6.07) is 2.75. The van der Waals surface area contributed by atoms with Crippen LogP contribution in [0.15, 0.2) is 17.0 Å². The van der Waals surface area contributed by atoms with E-state index in [1.165, 1.54) is 30.7 Å². The molecule has 0 saturated carbocycles. The Balaban J connectivity index is 2.39. The molecule has 118 valence electrons. The average molecular weight is 316 g/mol. The van der Waals surface area contributed by atoms with Crippen molar-refractivity contribution in [1.82, 2.24) is 4.31 Å². The van der Waals surface area contributed by atoms with Gasteiger partial charge in [0.25, 0.3) is 0 Å². The standard InChI is InChI=1S/C13H20N2O5S/c1-4-13(16)7-15(8-13)21(17,18)12-5-9(14)10(19-2)6-11(12)20-3/h5-6,16H,4,7-8,14H2,1-3H3. The van der Waals surface area contributed by atoms with E-state index in [9.17, 15) is 13.5 Å². The lowest BCUT2D eigenvalue weighted by Crippen LogP contribution is -2.62. The van der Waals surface area contributed by atoms with Crippen LogP contribution in [-0.4, -0.2) is 50.7 Å². The molecule has 0 spiro atoms. The lowest BCUT2D eigenvalue weighted by molar-refractivity contribution is -0.0613. The molecule has 21 heavy (non-hydrogen) atoms. The van der Waals surface area contributed by atoms with Gasteiger partial charge in [0.2, 0.25) is 10.0 Å². The summed E-state index contributed by atoms with van der Waals surface area (Å²) in [6.07, 6.45) is 0.501. The maximum absolute atomic E-state index is 12.6. The molecule has 0 aromatic heterocycles. The quantitative estimate of drug-likeness (QED) is 0.764. The maximum atomic E-state index is 12.6. The first-order chi connectivity index (χ1) is 9.77. The van der Waals surface area contributed by atoms with Crippen LogP contribution in [0.5, 0.6) is 11.5 Å². The molecule has 1 fully saturated rings. The van der Waals surface area contributed by atoms with Crippen molar-refractivity contribution in [3.05, 3.63) is 12.1 Å². The third kappa shape index (κ3) is 2.66. The third-order valence-corrected chi connectivity index (χ3v) is 5.55. The minimum absolute atomic E-state index is 0.0264. The molecule has 1 aliphatic rings. The molecule has 0 radical (unpaired) electrons. The Morgan fingerprint density at radius 2 is 1.86 bits per heavy atom. The van der Waals surface area contributed by atoms with Gasteiger partial charge in [-0.05, 0) is 12.5 Å². The number of benzene rings is 1. The van der Waals surface area contributed by atoms with E-state index in [2.05, 4.69) is 0 Å². The van der Waals surface area contributed by atoms with Gasteiger partial charge in [-0.25, -0.2) is 8.42 Å².